The van der Waals surface area contributed by atoms with Gasteiger partial charge in [-0.1, -0.05) is 65.7 Å². The molecule has 0 spiro atoms. The van der Waals surface area contributed by atoms with Gasteiger partial charge in [-0.2, -0.15) is 0 Å². The van der Waals surface area contributed by atoms with Gasteiger partial charge in [0, 0.05) is 48.2 Å². The zero-order valence-electron chi connectivity index (χ0n) is 18.5. The van der Waals surface area contributed by atoms with Crippen molar-refractivity contribution in [2.75, 3.05) is 26.2 Å². The molecule has 174 valence electrons. The molecule has 4 aromatic rings. The van der Waals surface area contributed by atoms with Crippen molar-refractivity contribution in [3.05, 3.63) is 99.9 Å². The van der Waals surface area contributed by atoms with Crippen molar-refractivity contribution in [2.45, 2.75) is 13.2 Å². The summed E-state index contributed by atoms with van der Waals surface area (Å²) in [5, 5.41) is 3.46. The molecular formula is C27H24Cl2N2O3. The molecular weight excluding hydrogens is 471 g/mol. The van der Waals surface area contributed by atoms with E-state index >= 15 is 0 Å². The largest absolute Gasteiger partial charge is 0.485 e. The number of hydrogen-bond donors (Lipinski definition) is 0. The lowest BCUT2D eigenvalue weighted by molar-refractivity contribution is 0.0594. The highest BCUT2D eigenvalue weighted by Crippen LogP contribution is 2.26. The van der Waals surface area contributed by atoms with Crippen LogP contribution in [-0.2, 0) is 13.2 Å². The number of nitrogens with zero attached hydrogens (tertiary/aromatic N) is 2. The Morgan fingerprint density at radius 1 is 0.912 bits per heavy atom. The maximum Gasteiger partial charge on any atom is 0.289 e. The number of amides is 1. The van der Waals surface area contributed by atoms with E-state index in [1.807, 2.05) is 47.4 Å². The second-order valence-electron chi connectivity index (χ2n) is 8.34. The van der Waals surface area contributed by atoms with Gasteiger partial charge in [-0.3, -0.25) is 9.69 Å². The summed E-state index contributed by atoms with van der Waals surface area (Å²) < 4.78 is 11.8. The summed E-state index contributed by atoms with van der Waals surface area (Å²) >= 11 is 12.3. The first-order valence-corrected chi connectivity index (χ1v) is 12.0. The Balaban J connectivity index is 1.16. The van der Waals surface area contributed by atoms with E-state index in [1.54, 1.807) is 18.2 Å². The first kappa shape index (κ1) is 22.8. The Morgan fingerprint density at radius 2 is 1.71 bits per heavy atom. The normalized spacial score (nSPS) is 14.5. The van der Waals surface area contributed by atoms with Crippen molar-refractivity contribution >= 4 is 39.9 Å². The summed E-state index contributed by atoms with van der Waals surface area (Å²) in [6.07, 6.45) is 0. The van der Waals surface area contributed by atoms with Gasteiger partial charge in [-0.25, -0.2) is 0 Å². The third kappa shape index (κ3) is 5.07. The number of piperazine rings is 1. The number of furan rings is 1. The molecule has 7 heteroatoms. The molecule has 0 bridgehead atoms. The number of rotatable bonds is 6. The lowest BCUT2D eigenvalue weighted by Gasteiger charge is -2.34. The van der Waals surface area contributed by atoms with Gasteiger partial charge in [-0.15, -0.1) is 0 Å². The fourth-order valence-electron chi connectivity index (χ4n) is 4.20. The van der Waals surface area contributed by atoms with Crippen molar-refractivity contribution in [2.24, 2.45) is 0 Å². The molecule has 1 saturated heterocycles. The molecule has 1 amide bonds. The van der Waals surface area contributed by atoms with Crippen molar-refractivity contribution in [1.29, 1.82) is 0 Å². The summed E-state index contributed by atoms with van der Waals surface area (Å²) in [6.45, 7) is 3.79. The van der Waals surface area contributed by atoms with Crippen LogP contribution in [0.25, 0.3) is 10.8 Å². The van der Waals surface area contributed by atoms with Gasteiger partial charge in [0.2, 0.25) is 0 Å². The average Bonchev–Trinajstić information content (AvgIpc) is 3.33. The van der Waals surface area contributed by atoms with Gasteiger partial charge in [0.05, 0.1) is 0 Å². The summed E-state index contributed by atoms with van der Waals surface area (Å²) in [6, 6.07) is 23.1. The fourth-order valence-corrected chi connectivity index (χ4v) is 4.66. The van der Waals surface area contributed by atoms with Crippen LogP contribution in [0.1, 0.15) is 21.9 Å². The standard InChI is InChI=1S/C27H24Cl2N2O3/c28-21-9-8-20(24(29)16-21)17-30-12-14-31(15-13-30)27(32)26-11-10-22(34-26)18-33-25-7-3-5-19-4-1-2-6-23(19)25/h1-11,16H,12-15,17-18H2. The molecule has 1 aliphatic rings. The van der Waals surface area contributed by atoms with E-state index in [-0.39, 0.29) is 12.5 Å². The summed E-state index contributed by atoms with van der Waals surface area (Å²) in [5.74, 6) is 1.65. The predicted octanol–water partition coefficient (Wildman–Crippen LogP) is 6.28. The first-order chi connectivity index (χ1) is 16.6. The van der Waals surface area contributed by atoms with Crippen molar-refractivity contribution in [3.8, 4) is 5.75 Å². The Bertz CT molecular complexity index is 1310. The van der Waals surface area contributed by atoms with Crippen LogP contribution in [0.5, 0.6) is 5.75 Å². The molecule has 34 heavy (non-hydrogen) atoms. The molecule has 1 aromatic heterocycles. The van der Waals surface area contributed by atoms with Crippen molar-refractivity contribution < 1.29 is 13.9 Å². The van der Waals surface area contributed by atoms with Crippen LogP contribution in [0.3, 0.4) is 0 Å². The second-order valence-corrected chi connectivity index (χ2v) is 9.18. The van der Waals surface area contributed by atoms with E-state index in [0.29, 0.717) is 34.7 Å². The lowest BCUT2D eigenvalue weighted by atomic mass is 10.1. The monoisotopic (exact) mass is 494 g/mol. The zero-order valence-corrected chi connectivity index (χ0v) is 20.1. The number of ether oxygens (including phenoxy) is 1. The third-order valence-corrected chi connectivity index (χ3v) is 6.65. The van der Waals surface area contributed by atoms with E-state index in [9.17, 15) is 4.79 Å². The predicted molar refractivity (Wildman–Crippen MR) is 135 cm³/mol. The third-order valence-electron chi connectivity index (χ3n) is 6.06. The molecule has 5 rings (SSSR count). The van der Waals surface area contributed by atoms with Gasteiger partial charge >= 0.3 is 0 Å². The molecule has 3 aromatic carbocycles. The van der Waals surface area contributed by atoms with Gasteiger partial charge in [0.15, 0.2) is 5.76 Å². The molecule has 0 aliphatic carbocycles. The molecule has 0 unspecified atom stereocenters. The molecule has 0 atom stereocenters. The minimum Gasteiger partial charge on any atom is -0.485 e. The fraction of sp³-hybridized carbons (Fsp3) is 0.222. The lowest BCUT2D eigenvalue weighted by Crippen LogP contribution is -2.48. The van der Waals surface area contributed by atoms with Gasteiger partial charge in [-0.05, 0) is 41.3 Å². The van der Waals surface area contributed by atoms with Crippen LogP contribution >= 0.6 is 23.2 Å². The molecule has 0 radical (unpaired) electrons. The first-order valence-electron chi connectivity index (χ1n) is 11.2. The Morgan fingerprint density at radius 3 is 2.53 bits per heavy atom. The van der Waals surface area contributed by atoms with Gasteiger partial charge in [0.25, 0.3) is 5.91 Å². The van der Waals surface area contributed by atoms with Crippen LogP contribution in [0.2, 0.25) is 10.0 Å². The minimum absolute atomic E-state index is 0.0967. The highest BCUT2D eigenvalue weighted by Gasteiger charge is 2.24. The molecule has 5 nitrogen and oxygen atoms in total. The number of fused-ring (bicyclic) bond motifs is 1. The maximum atomic E-state index is 13.0. The van der Waals surface area contributed by atoms with E-state index in [0.717, 1.165) is 41.7 Å². The minimum atomic E-state index is -0.0967. The number of carbonyl (C=O) groups excluding carboxylic acids is 1. The number of benzene rings is 3. The number of halogens is 2. The topological polar surface area (TPSA) is 45.9 Å². The molecule has 0 N–H and O–H groups in total. The average molecular weight is 495 g/mol. The van der Waals surface area contributed by atoms with Crippen LogP contribution < -0.4 is 4.74 Å². The maximum absolute atomic E-state index is 13.0. The molecule has 0 saturated carbocycles. The van der Waals surface area contributed by atoms with Crippen molar-refractivity contribution in [3.63, 3.8) is 0 Å². The molecule has 1 fully saturated rings. The van der Waals surface area contributed by atoms with Gasteiger partial charge < -0.3 is 14.1 Å². The van der Waals surface area contributed by atoms with E-state index in [4.69, 9.17) is 32.4 Å². The Hall–Kier alpha value is -2.99. The smallest absolute Gasteiger partial charge is 0.289 e. The molecule has 1 aliphatic heterocycles. The van der Waals surface area contributed by atoms with E-state index < -0.39 is 0 Å². The van der Waals surface area contributed by atoms with E-state index in [1.165, 1.54) is 0 Å². The van der Waals surface area contributed by atoms with Crippen LogP contribution in [-0.4, -0.2) is 41.9 Å². The Kier molecular flexibility index (Phi) is 6.77. The molecule has 2 heterocycles. The van der Waals surface area contributed by atoms with Gasteiger partial charge in [0.1, 0.15) is 18.1 Å². The second kappa shape index (κ2) is 10.1. The highest BCUT2D eigenvalue weighted by atomic mass is 35.5. The highest BCUT2D eigenvalue weighted by molar-refractivity contribution is 6.35. The van der Waals surface area contributed by atoms with Crippen LogP contribution in [0, 0.1) is 0 Å². The number of hydrogen-bond acceptors (Lipinski definition) is 4. The summed E-state index contributed by atoms with van der Waals surface area (Å²) in [4.78, 5) is 17.1. The number of carbonyl (C=O) groups is 1. The zero-order chi connectivity index (χ0) is 23.5. The van der Waals surface area contributed by atoms with E-state index in [2.05, 4.69) is 17.0 Å². The SMILES string of the molecule is O=C(c1ccc(COc2cccc3ccccc23)o1)N1CCN(Cc2ccc(Cl)cc2Cl)CC1. The van der Waals surface area contributed by atoms with Crippen molar-refractivity contribution in [1.82, 2.24) is 9.80 Å². The quantitative estimate of drug-likeness (QED) is 0.316. The Labute approximate surface area is 208 Å². The van der Waals surface area contributed by atoms with Crippen LogP contribution in [0.4, 0.5) is 0 Å². The summed E-state index contributed by atoms with van der Waals surface area (Å²) in [5.41, 5.74) is 1.03. The van der Waals surface area contributed by atoms with Crippen LogP contribution in [0.15, 0.2) is 77.2 Å². The summed E-state index contributed by atoms with van der Waals surface area (Å²) in [7, 11) is 0.